The van der Waals surface area contributed by atoms with Crippen molar-refractivity contribution in [3.05, 3.63) is 59.8 Å². The first-order chi connectivity index (χ1) is 13.7. The summed E-state index contributed by atoms with van der Waals surface area (Å²) in [6, 6.07) is 16.0. The monoisotopic (exact) mass is 383 g/mol. The van der Waals surface area contributed by atoms with E-state index in [4.69, 9.17) is 9.47 Å². The molecule has 1 N–H and O–H groups in total. The van der Waals surface area contributed by atoms with E-state index < -0.39 is 5.60 Å². The first-order valence-corrected chi connectivity index (χ1v) is 10.0. The highest BCUT2D eigenvalue weighted by Crippen LogP contribution is 2.36. The maximum atomic E-state index is 11.8. The Hall–Kier alpha value is -1.99. The number of aromatic nitrogens is 1. The molecule has 28 heavy (non-hydrogen) atoms. The molecule has 2 aliphatic rings. The predicted molar refractivity (Wildman–Crippen MR) is 107 cm³/mol. The topological polar surface area (TPSA) is 58.1 Å². The van der Waals surface area contributed by atoms with Crippen molar-refractivity contribution in [2.45, 2.75) is 24.6 Å². The van der Waals surface area contributed by atoms with E-state index in [1.165, 1.54) is 0 Å². The second kappa shape index (κ2) is 8.57. The van der Waals surface area contributed by atoms with Gasteiger partial charge in [-0.1, -0.05) is 36.4 Å². The standard InChI is InChI=1S/C22H29N3O3/c1-27-21-9-5-8-19(23-21)16-24-11-10-22(26,18-6-3-2-4-7-18)20(17-24)25-12-14-28-15-13-25/h2-9,20,26H,10-17H2,1H3/t20-,22+/m1/s1. The molecule has 6 nitrogen and oxygen atoms in total. The van der Waals surface area contributed by atoms with Crippen molar-refractivity contribution in [3.63, 3.8) is 0 Å². The Bertz CT molecular complexity index is 767. The summed E-state index contributed by atoms with van der Waals surface area (Å²) in [5.41, 5.74) is 1.15. The van der Waals surface area contributed by atoms with Crippen LogP contribution >= 0.6 is 0 Å². The average Bonchev–Trinajstić information content (AvgIpc) is 2.76. The molecule has 0 radical (unpaired) electrons. The lowest BCUT2D eigenvalue weighted by Gasteiger charge is -2.50. The van der Waals surface area contributed by atoms with Crippen LogP contribution in [0.5, 0.6) is 5.88 Å². The van der Waals surface area contributed by atoms with Gasteiger partial charge in [0.25, 0.3) is 0 Å². The van der Waals surface area contributed by atoms with Crippen molar-refractivity contribution < 1.29 is 14.6 Å². The van der Waals surface area contributed by atoms with Crippen LogP contribution < -0.4 is 4.74 Å². The summed E-state index contributed by atoms with van der Waals surface area (Å²) in [5.74, 6) is 0.639. The fourth-order valence-corrected chi connectivity index (χ4v) is 4.38. The lowest BCUT2D eigenvalue weighted by atomic mass is 9.79. The van der Waals surface area contributed by atoms with E-state index in [0.29, 0.717) is 12.3 Å². The highest BCUT2D eigenvalue weighted by atomic mass is 16.5. The number of aliphatic hydroxyl groups is 1. The second-order valence-electron chi connectivity index (χ2n) is 7.61. The van der Waals surface area contributed by atoms with Gasteiger partial charge in [0.2, 0.25) is 5.88 Å². The van der Waals surface area contributed by atoms with Crippen molar-refractivity contribution in [1.29, 1.82) is 0 Å². The van der Waals surface area contributed by atoms with E-state index in [0.717, 1.165) is 57.2 Å². The Morgan fingerprint density at radius 1 is 1.11 bits per heavy atom. The van der Waals surface area contributed by atoms with Crippen LogP contribution in [0.25, 0.3) is 0 Å². The minimum atomic E-state index is -0.850. The Kier molecular flexibility index (Phi) is 5.92. The molecule has 2 aromatic rings. The van der Waals surface area contributed by atoms with Gasteiger partial charge in [0.05, 0.1) is 32.1 Å². The first-order valence-electron chi connectivity index (χ1n) is 10.0. The Morgan fingerprint density at radius 2 is 1.89 bits per heavy atom. The Balaban J connectivity index is 1.56. The van der Waals surface area contributed by atoms with Gasteiger partial charge < -0.3 is 14.6 Å². The molecule has 2 saturated heterocycles. The normalized spacial score (nSPS) is 26.9. The molecule has 1 aromatic carbocycles. The molecular formula is C22H29N3O3. The summed E-state index contributed by atoms with van der Waals surface area (Å²) in [4.78, 5) is 9.34. The van der Waals surface area contributed by atoms with Gasteiger partial charge in [-0.2, -0.15) is 0 Å². The van der Waals surface area contributed by atoms with Gasteiger partial charge >= 0.3 is 0 Å². The van der Waals surface area contributed by atoms with Crippen molar-refractivity contribution in [1.82, 2.24) is 14.8 Å². The molecule has 0 bridgehead atoms. The third-order valence-electron chi connectivity index (χ3n) is 5.93. The molecular weight excluding hydrogens is 354 g/mol. The van der Waals surface area contributed by atoms with Gasteiger partial charge in [-0.3, -0.25) is 9.80 Å². The lowest BCUT2D eigenvalue weighted by molar-refractivity contribution is -0.119. The SMILES string of the molecule is COc1cccc(CN2CC[C@](O)(c3ccccc3)[C@H](N3CCOCC3)C2)n1. The number of hydrogen-bond donors (Lipinski definition) is 1. The van der Waals surface area contributed by atoms with E-state index in [2.05, 4.69) is 14.8 Å². The molecule has 0 unspecified atom stereocenters. The summed E-state index contributed by atoms with van der Waals surface area (Å²) in [7, 11) is 1.64. The number of piperidine rings is 1. The molecule has 3 heterocycles. The van der Waals surface area contributed by atoms with Gasteiger partial charge in [-0.05, 0) is 18.1 Å². The van der Waals surface area contributed by atoms with Crippen LogP contribution in [-0.2, 0) is 16.9 Å². The quantitative estimate of drug-likeness (QED) is 0.851. The summed E-state index contributed by atoms with van der Waals surface area (Å²) >= 11 is 0. The fraction of sp³-hybridized carbons (Fsp3) is 0.500. The largest absolute Gasteiger partial charge is 0.481 e. The summed E-state index contributed by atoms with van der Waals surface area (Å²) in [6.07, 6.45) is 0.697. The zero-order valence-electron chi connectivity index (χ0n) is 16.5. The second-order valence-corrected chi connectivity index (χ2v) is 7.61. The molecule has 6 heteroatoms. The number of ether oxygens (including phenoxy) is 2. The molecule has 0 amide bonds. The van der Waals surface area contributed by atoms with Crippen LogP contribution in [0.3, 0.4) is 0 Å². The van der Waals surface area contributed by atoms with Gasteiger partial charge in [-0.15, -0.1) is 0 Å². The Labute approximate surface area is 166 Å². The smallest absolute Gasteiger partial charge is 0.213 e. The predicted octanol–water partition coefficient (Wildman–Crippen LogP) is 1.88. The zero-order valence-corrected chi connectivity index (χ0v) is 16.5. The van der Waals surface area contributed by atoms with E-state index >= 15 is 0 Å². The average molecular weight is 383 g/mol. The van der Waals surface area contributed by atoms with Crippen LogP contribution in [-0.4, -0.2) is 72.4 Å². The number of benzene rings is 1. The first kappa shape index (κ1) is 19.3. The molecule has 1 aromatic heterocycles. The molecule has 150 valence electrons. The molecule has 2 atom stereocenters. The van der Waals surface area contributed by atoms with E-state index in [-0.39, 0.29) is 6.04 Å². The molecule has 2 fully saturated rings. The summed E-state index contributed by atoms with van der Waals surface area (Å²) in [5, 5.41) is 11.8. The van der Waals surface area contributed by atoms with Gasteiger partial charge in [0.1, 0.15) is 5.60 Å². The van der Waals surface area contributed by atoms with Crippen LogP contribution in [0.2, 0.25) is 0 Å². The van der Waals surface area contributed by atoms with E-state index in [1.807, 2.05) is 48.5 Å². The zero-order chi connectivity index (χ0) is 19.4. The number of pyridine rings is 1. The number of morpholine rings is 1. The minimum Gasteiger partial charge on any atom is -0.481 e. The molecule has 2 aliphatic heterocycles. The number of likely N-dealkylation sites (tertiary alicyclic amines) is 1. The van der Waals surface area contributed by atoms with E-state index in [1.54, 1.807) is 7.11 Å². The number of rotatable bonds is 5. The van der Waals surface area contributed by atoms with E-state index in [9.17, 15) is 5.11 Å². The van der Waals surface area contributed by atoms with Crippen LogP contribution in [0.15, 0.2) is 48.5 Å². The van der Waals surface area contributed by atoms with Crippen molar-refractivity contribution in [3.8, 4) is 5.88 Å². The van der Waals surface area contributed by atoms with Crippen LogP contribution in [0.4, 0.5) is 0 Å². The third-order valence-corrected chi connectivity index (χ3v) is 5.93. The molecule has 0 saturated carbocycles. The van der Waals surface area contributed by atoms with Gasteiger partial charge in [-0.25, -0.2) is 4.98 Å². The van der Waals surface area contributed by atoms with Crippen molar-refractivity contribution >= 4 is 0 Å². The minimum absolute atomic E-state index is 0.0261. The third kappa shape index (κ3) is 4.05. The highest BCUT2D eigenvalue weighted by Gasteiger charge is 2.45. The lowest BCUT2D eigenvalue weighted by Crippen LogP contribution is -2.62. The number of nitrogens with zero attached hydrogens (tertiary/aromatic N) is 3. The van der Waals surface area contributed by atoms with Gasteiger partial charge in [0.15, 0.2) is 0 Å². The van der Waals surface area contributed by atoms with Crippen molar-refractivity contribution in [2.24, 2.45) is 0 Å². The van der Waals surface area contributed by atoms with Gasteiger partial charge in [0, 0.05) is 38.8 Å². The highest BCUT2D eigenvalue weighted by molar-refractivity contribution is 5.26. The summed E-state index contributed by atoms with van der Waals surface area (Å²) in [6.45, 7) is 5.52. The molecule has 0 spiro atoms. The van der Waals surface area contributed by atoms with Crippen LogP contribution in [0, 0.1) is 0 Å². The number of hydrogen-bond acceptors (Lipinski definition) is 6. The molecule has 0 aliphatic carbocycles. The molecule has 4 rings (SSSR count). The number of methoxy groups -OCH3 is 1. The summed E-state index contributed by atoms with van der Waals surface area (Å²) < 4.78 is 10.8. The van der Waals surface area contributed by atoms with Crippen LogP contribution in [0.1, 0.15) is 17.7 Å². The Morgan fingerprint density at radius 3 is 2.64 bits per heavy atom. The maximum absolute atomic E-state index is 11.8. The fourth-order valence-electron chi connectivity index (χ4n) is 4.38. The maximum Gasteiger partial charge on any atom is 0.213 e. The van der Waals surface area contributed by atoms with Crippen molar-refractivity contribution in [2.75, 3.05) is 46.5 Å².